The van der Waals surface area contributed by atoms with E-state index in [2.05, 4.69) is 6.92 Å². The molecular weight excluding hydrogens is 324 g/mol. The van der Waals surface area contributed by atoms with Crippen molar-refractivity contribution in [1.29, 1.82) is 0 Å². The van der Waals surface area contributed by atoms with Crippen LogP contribution in [0, 0.1) is 0 Å². The van der Waals surface area contributed by atoms with Gasteiger partial charge in [0.15, 0.2) is 0 Å². The molecule has 0 heterocycles. The van der Waals surface area contributed by atoms with E-state index in [0.717, 1.165) is 38.5 Å². The molecular formula is C23H46O3. The molecule has 0 amide bonds. The lowest BCUT2D eigenvalue weighted by Crippen LogP contribution is -2.06. The van der Waals surface area contributed by atoms with Crippen LogP contribution in [0.5, 0.6) is 0 Å². The van der Waals surface area contributed by atoms with Crippen LogP contribution in [-0.2, 0) is 4.79 Å². The summed E-state index contributed by atoms with van der Waals surface area (Å²) in [5.41, 5.74) is 0. The Morgan fingerprint density at radius 2 is 0.962 bits per heavy atom. The van der Waals surface area contributed by atoms with Gasteiger partial charge in [-0.15, -0.1) is 0 Å². The zero-order valence-corrected chi connectivity index (χ0v) is 17.5. The number of carbonyl (C=O) groups is 1. The Balaban J connectivity index is 3.13. The van der Waals surface area contributed by atoms with Crippen LogP contribution < -0.4 is 0 Å². The van der Waals surface area contributed by atoms with Gasteiger partial charge in [0.1, 0.15) is 0 Å². The normalized spacial score (nSPS) is 12.4. The third kappa shape index (κ3) is 21.5. The molecule has 0 aliphatic heterocycles. The zero-order chi connectivity index (χ0) is 19.3. The summed E-state index contributed by atoms with van der Waals surface area (Å²) in [6.45, 7) is 2.27. The Morgan fingerprint density at radius 1 is 0.615 bits per heavy atom. The first-order valence-electron chi connectivity index (χ1n) is 11.6. The number of hydrogen-bond donors (Lipinski definition) is 2. The lowest BCUT2D eigenvalue weighted by Gasteiger charge is -2.10. The molecule has 0 aromatic heterocycles. The van der Waals surface area contributed by atoms with E-state index < -0.39 is 5.97 Å². The summed E-state index contributed by atoms with van der Waals surface area (Å²) in [4.78, 5) is 10.4. The first-order valence-corrected chi connectivity index (χ1v) is 11.6. The summed E-state index contributed by atoms with van der Waals surface area (Å²) in [5, 5.41) is 18.5. The summed E-state index contributed by atoms with van der Waals surface area (Å²) >= 11 is 0. The Hall–Kier alpha value is -0.570. The fourth-order valence-corrected chi connectivity index (χ4v) is 3.55. The Bertz CT molecular complexity index is 291. The van der Waals surface area contributed by atoms with Crippen molar-refractivity contribution in [2.75, 3.05) is 0 Å². The van der Waals surface area contributed by atoms with Crippen LogP contribution in [-0.4, -0.2) is 22.3 Å². The summed E-state index contributed by atoms with van der Waals surface area (Å²) in [7, 11) is 0. The second kappa shape index (κ2) is 20.7. The molecule has 156 valence electrons. The van der Waals surface area contributed by atoms with Crippen molar-refractivity contribution in [1.82, 2.24) is 0 Å². The Labute approximate surface area is 163 Å². The molecule has 1 unspecified atom stereocenters. The van der Waals surface area contributed by atoms with Gasteiger partial charge in [-0.05, 0) is 19.3 Å². The van der Waals surface area contributed by atoms with Gasteiger partial charge in [0.2, 0.25) is 0 Å². The second-order valence-electron chi connectivity index (χ2n) is 8.03. The quantitative estimate of drug-likeness (QED) is 0.209. The van der Waals surface area contributed by atoms with Gasteiger partial charge in [0.05, 0.1) is 6.10 Å². The topological polar surface area (TPSA) is 57.5 Å². The summed E-state index contributed by atoms with van der Waals surface area (Å²) in [6.07, 6.45) is 23.5. The molecule has 26 heavy (non-hydrogen) atoms. The molecule has 2 N–H and O–H groups in total. The summed E-state index contributed by atoms with van der Waals surface area (Å²) in [6, 6.07) is 0. The maximum absolute atomic E-state index is 10.4. The first kappa shape index (κ1) is 25.4. The van der Waals surface area contributed by atoms with Crippen molar-refractivity contribution in [2.45, 2.75) is 141 Å². The largest absolute Gasteiger partial charge is 0.481 e. The highest BCUT2D eigenvalue weighted by atomic mass is 16.4. The van der Waals surface area contributed by atoms with E-state index in [1.165, 1.54) is 83.5 Å². The number of hydrogen-bond acceptors (Lipinski definition) is 2. The molecule has 0 rings (SSSR count). The third-order valence-electron chi connectivity index (χ3n) is 5.32. The van der Waals surface area contributed by atoms with Gasteiger partial charge in [0, 0.05) is 6.42 Å². The maximum atomic E-state index is 10.4. The Morgan fingerprint density at radius 3 is 1.35 bits per heavy atom. The van der Waals surface area contributed by atoms with E-state index in [0.29, 0.717) is 0 Å². The highest BCUT2D eigenvalue weighted by Gasteiger charge is 2.04. The zero-order valence-electron chi connectivity index (χ0n) is 17.5. The van der Waals surface area contributed by atoms with Crippen LogP contribution in [0.4, 0.5) is 0 Å². The molecule has 0 saturated carbocycles. The van der Waals surface area contributed by atoms with E-state index in [4.69, 9.17) is 5.11 Å². The molecule has 0 aliphatic rings. The van der Waals surface area contributed by atoms with Gasteiger partial charge in [0.25, 0.3) is 0 Å². The van der Waals surface area contributed by atoms with Crippen molar-refractivity contribution in [3.8, 4) is 0 Å². The SMILES string of the molecule is CCCCCCCCCCCCCCCCC(O)CCCCCC(=O)O. The molecule has 0 aliphatic carbocycles. The third-order valence-corrected chi connectivity index (χ3v) is 5.32. The van der Waals surface area contributed by atoms with Crippen LogP contribution in [0.1, 0.15) is 135 Å². The number of carboxylic acid groups (broad SMARTS) is 1. The molecule has 0 aromatic carbocycles. The van der Waals surface area contributed by atoms with Gasteiger partial charge in [-0.2, -0.15) is 0 Å². The number of aliphatic carboxylic acids is 1. The number of aliphatic hydroxyl groups is 1. The number of carboxylic acids is 1. The smallest absolute Gasteiger partial charge is 0.303 e. The number of aliphatic hydroxyl groups excluding tert-OH is 1. The van der Waals surface area contributed by atoms with Crippen molar-refractivity contribution in [3.63, 3.8) is 0 Å². The molecule has 0 radical (unpaired) electrons. The monoisotopic (exact) mass is 370 g/mol. The Kier molecular flexibility index (Phi) is 20.3. The molecule has 0 bridgehead atoms. The molecule has 0 aromatic rings. The molecule has 0 saturated heterocycles. The average molecular weight is 371 g/mol. The lowest BCUT2D eigenvalue weighted by molar-refractivity contribution is -0.137. The number of rotatable bonds is 21. The lowest BCUT2D eigenvalue weighted by atomic mass is 10.0. The highest BCUT2D eigenvalue weighted by Crippen LogP contribution is 2.15. The van der Waals surface area contributed by atoms with E-state index in [1.807, 2.05) is 0 Å². The summed E-state index contributed by atoms with van der Waals surface area (Å²) in [5.74, 6) is -0.715. The van der Waals surface area contributed by atoms with Gasteiger partial charge >= 0.3 is 5.97 Å². The van der Waals surface area contributed by atoms with E-state index in [9.17, 15) is 9.90 Å². The first-order chi connectivity index (χ1) is 12.7. The van der Waals surface area contributed by atoms with Gasteiger partial charge in [-0.1, -0.05) is 110 Å². The van der Waals surface area contributed by atoms with E-state index >= 15 is 0 Å². The minimum absolute atomic E-state index is 0.183. The number of unbranched alkanes of at least 4 members (excludes halogenated alkanes) is 15. The van der Waals surface area contributed by atoms with Crippen molar-refractivity contribution in [2.24, 2.45) is 0 Å². The fraction of sp³-hybridized carbons (Fsp3) is 0.957. The second-order valence-corrected chi connectivity index (χ2v) is 8.03. The van der Waals surface area contributed by atoms with Crippen LogP contribution in [0.3, 0.4) is 0 Å². The van der Waals surface area contributed by atoms with Crippen LogP contribution in [0.15, 0.2) is 0 Å². The van der Waals surface area contributed by atoms with E-state index in [-0.39, 0.29) is 12.5 Å². The predicted octanol–water partition coefficient (Wildman–Crippen LogP) is 7.25. The van der Waals surface area contributed by atoms with Gasteiger partial charge < -0.3 is 10.2 Å². The van der Waals surface area contributed by atoms with Gasteiger partial charge in [-0.25, -0.2) is 0 Å². The standard InChI is InChI=1S/C23H46O3/c1-2-3-4-5-6-7-8-9-10-11-12-13-14-16-19-22(24)20-17-15-18-21-23(25)26/h22,24H,2-21H2,1H3,(H,25,26). The summed E-state index contributed by atoms with van der Waals surface area (Å²) < 4.78 is 0. The molecule has 3 nitrogen and oxygen atoms in total. The highest BCUT2D eigenvalue weighted by molar-refractivity contribution is 5.66. The van der Waals surface area contributed by atoms with Gasteiger partial charge in [-0.3, -0.25) is 4.79 Å². The molecule has 0 fully saturated rings. The van der Waals surface area contributed by atoms with E-state index in [1.54, 1.807) is 0 Å². The van der Waals surface area contributed by atoms with Crippen molar-refractivity contribution < 1.29 is 15.0 Å². The van der Waals surface area contributed by atoms with Crippen molar-refractivity contribution >= 4 is 5.97 Å². The van der Waals surface area contributed by atoms with Crippen LogP contribution in [0.2, 0.25) is 0 Å². The molecule has 0 spiro atoms. The van der Waals surface area contributed by atoms with Crippen molar-refractivity contribution in [3.05, 3.63) is 0 Å². The van der Waals surface area contributed by atoms with Crippen LogP contribution >= 0.6 is 0 Å². The molecule has 3 heteroatoms. The van der Waals surface area contributed by atoms with Crippen LogP contribution in [0.25, 0.3) is 0 Å². The average Bonchev–Trinajstić information content (AvgIpc) is 2.61. The molecule has 1 atom stereocenters. The predicted molar refractivity (Wildman–Crippen MR) is 112 cm³/mol. The maximum Gasteiger partial charge on any atom is 0.303 e. The fourth-order valence-electron chi connectivity index (χ4n) is 3.55. The minimum Gasteiger partial charge on any atom is -0.481 e. The minimum atomic E-state index is -0.715.